The van der Waals surface area contributed by atoms with Gasteiger partial charge < -0.3 is 31.5 Å². The fourth-order valence-corrected chi connectivity index (χ4v) is 5.60. The first kappa shape index (κ1) is 24.4. The predicted octanol–water partition coefficient (Wildman–Crippen LogP) is 2.25. The molecule has 34 heavy (non-hydrogen) atoms. The van der Waals surface area contributed by atoms with Gasteiger partial charge in [-0.15, -0.1) is 11.3 Å². The first-order valence-corrected chi connectivity index (χ1v) is 13.0. The zero-order chi connectivity index (χ0) is 24.0. The summed E-state index contributed by atoms with van der Waals surface area (Å²) in [6, 6.07) is 8.16. The number of piperidine rings is 2. The van der Waals surface area contributed by atoms with E-state index in [0.29, 0.717) is 37.7 Å². The van der Waals surface area contributed by atoms with Crippen LogP contribution in [0.4, 0.5) is 16.5 Å². The third-order valence-electron chi connectivity index (χ3n) is 6.65. The van der Waals surface area contributed by atoms with E-state index in [1.807, 2.05) is 31.2 Å². The number of anilines is 3. The Hall–Kier alpha value is -2.69. The Kier molecular flexibility index (Phi) is 8.02. The number of amides is 2. The van der Waals surface area contributed by atoms with Gasteiger partial charge in [-0.2, -0.15) is 0 Å². The predicted molar refractivity (Wildman–Crippen MR) is 138 cm³/mol. The maximum Gasteiger partial charge on any atom is 0.275 e. The molecule has 0 saturated carbocycles. The number of likely N-dealkylation sites (N-methyl/N-ethyl adjacent to an activating group) is 2. The van der Waals surface area contributed by atoms with E-state index in [4.69, 9.17) is 0 Å². The van der Waals surface area contributed by atoms with E-state index in [1.54, 1.807) is 12.4 Å². The van der Waals surface area contributed by atoms with Crippen LogP contribution in [-0.2, 0) is 4.79 Å². The summed E-state index contributed by atoms with van der Waals surface area (Å²) in [5.41, 5.74) is 1.58. The molecular formula is C24H35N7O2S. The Morgan fingerprint density at radius 1 is 1.26 bits per heavy atom. The smallest absolute Gasteiger partial charge is 0.275 e. The van der Waals surface area contributed by atoms with Gasteiger partial charge in [0, 0.05) is 38.1 Å². The van der Waals surface area contributed by atoms with Crippen LogP contribution in [0.15, 0.2) is 29.6 Å². The first-order chi connectivity index (χ1) is 16.5. The van der Waals surface area contributed by atoms with Crippen LogP contribution in [0, 0.1) is 0 Å². The molecule has 184 valence electrons. The topological polar surface area (TPSA) is 110 Å². The number of hydrogen-bond donors (Lipinski definition) is 5. The number of aromatic nitrogens is 1. The van der Waals surface area contributed by atoms with Gasteiger partial charge in [0.15, 0.2) is 5.13 Å². The second kappa shape index (κ2) is 11.2. The van der Waals surface area contributed by atoms with Gasteiger partial charge >= 0.3 is 0 Å². The number of thiazole rings is 1. The molecule has 1 aromatic heterocycles. The lowest BCUT2D eigenvalue weighted by Crippen LogP contribution is -2.61. The fraction of sp³-hybridized carbons (Fsp3) is 0.542. The fourth-order valence-electron chi connectivity index (χ4n) is 4.83. The standard InChI is InChI=1S/C24H35N7O2S/c1-3-27-24(22(33)25-2)10-13-31(14-11-24)20-9-5-4-8-18(20)29-21(32)19-16-34-23(30-19)28-17-7-6-12-26-15-17/h4-5,8-9,16-17,26-27H,3,6-7,10-15H2,1-2H3,(H,25,33)(H,28,30)(H,29,32)/t17-/m0/s1. The monoisotopic (exact) mass is 485 g/mol. The Morgan fingerprint density at radius 3 is 2.76 bits per heavy atom. The van der Waals surface area contributed by atoms with Crippen molar-refractivity contribution in [2.45, 2.75) is 44.2 Å². The van der Waals surface area contributed by atoms with Crippen molar-refractivity contribution in [2.75, 3.05) is 55.3 Å². The molecule has 10 heteroatoms. The van der Waals surface area contributed by atoms with Crippen LogP contribution in [0.3, 0.4) is 0 Å². The van der Waals surface area contributed by atoms with Crippen molar-refractivity contribution < 1.29 is 9.59 Å². The van der Waals surface area contributed by atoms with Gasteiger partial charge in [-0.3, -0.25) is 9.59 Å². The first-order valence-electron chi connectivity index (χ1n) is 12.1. The van der Waals surface area contributed by atoms with E-state index in [-0.39, 0.29) is 11.8 Å². The van der Waals surface area contributed by atoms with E-state index in [0.717, 1.165) is 49.0 Å². The van der Waals surface area contributed by atoms with E-state index in [1.165, 1.54) is 11.3 Å². The molecule has 0 aliphatic carbocycles. The maximum atomic E-state index is 13.0. The molecule has 2 saturated heterocycles. The molecule has 0 radical (unpaired) electrons. The van der Waals surface area contributed by atoms with Crippen molar-refractivity contribution >= 4 is 39.7 Å². The second-order valence-corrected chi connectivity index (χ2v) is 9.73. The Labute approximate surface area is 205 Å². The minimum Gasteiger partial charge on any atom is -0.370 e. The number of hydrogen-bond acceptors (Lipinski definition) is 8. The largest absolute Gasteiger partial charge is 0.370 e. The lowest BCUT2D eigenvalue weighted by atomic mass is 9.86. The summed E-state index contributed by atoms with van der Waals surface area (Å²) in [6.07, 6.45) is 3.63. The second-order valence-electron chi connectivity index (χ2n) is 8.88. The van der Waals surface area contributed by atoms with Crippen molar-refractivity contribution in [3.8, 4) is 0 Å². The normalized spacial score (nSPS) is 19.9. The van der Waals surface area contributed by atoms with Gasteiger partial charge in [0.25, 0.3) is 5.91 Å². The van der Waals surface area contributed by atoms with Gasteiger partial charge in [0.05, 0.1) is 11.4 Å². The van der Waals surface area contributed by atoms with Crippen molar-refractivity contribution in [3.63, 3.8) is 0 Å². The summed E-state index contributed by atoms with van der Waals surface area (Å²) < 4.78 is 0. The molecule has 1 atom stereocenters. The highest BCUT2D eigenvalue weighted by Crippen LogP contribution is 2.32. The average Bonchev–Trinajstić information content (AvgIpc) is 3.34. The number of nitrogens with one attached hydrogen (secondary N) is 5. The summed E-state index contributed by atoms with van der Waals surface area (Å²) in [7, 11) is 1.68. The number of carbonyl (C=O) groups is 2. The van der Waals surface area contributed by atoms with Crippen LogP contribution in [0.1, 0.15) is 43.1 Å². The number of rotatable bonds is 8. The highest BCUT2D eigenvalue weighted by atomic mass is 32.1. The zero-order valence-corrected chi connectivity index (χ0v) is 20.8. The number of benzene rings is 1. The number of carbonyl (C=O) groups excluding carboxylic acids is 2. The average molecular weight is 486 g/mol. The lowest BCUT2D eigenvalue weighted by molar-refractivity contribution is -0.128. The van der Waals surface area contributed by atoms with Gasteiger partial charge in [-0.05, 0) is 50.9 Å². The summed E-state index contributed by atoms with van der Waals surface area (Å²) in [4.78, 5) is 32.3. The zero-order valence-electron chi connectivity index (χ0n) is 19.9. The van der Waals surface area contributed by atoms with E-state index in [2.05, 4.69) is 36.5 Å². The molecule has 9 nitrogen and oxygen atoms in total. The van der Waals surface area contributed by atoms with Gasteiger partial charge in [0.2, 0.25) is 5.91 Å². The summed E-state index contributed by atoms with van der Waals surface area (Å²) >= 11 is 1.46. The molecule has 5 N–H and O–H groups in total. The molecule has 0 unspecified atom stereocenters. The SMILES string of the molecule is CCNC1(C(=O)NC)CCN(c2ccccc2NC(=O)c2csc(N[C@H]3CCCNC3)n2)CC1. The molecule has 3 heterocycles. The van der Waals surface area contributed by atoms with Crippen LogP contribution < -0.4 is 31.5 Å². The van der Waals surface area contributed by atoms with Gasteiger partial charge in [-0.25, -0.2) is 4.98 Å². The Morgan fingerprint density at radius 2 is 2.06 bits per heavy atom. The molecule has 2 fully saturated rings. The summed E-state index contributed by atoms with van der Waals surface area (Å²) in [5.74, 6) is -0.185. The van der Waals surface area contributed by atoms with Crippen molar-refractivity contribution in [3.05, 3.63) is 35.3 Å². The van der Waals surface area contributed by atoms with Gasteiger partial charge in [0.1, 0.15) is 11.2 Å². The Bertz CT molecular complexity index is 981. The molecule has 2 aromatic rings. The van der Waals surface area contributed by atoms with Crippen LogP contribution in [-0.4, -0.2) is 68.2 Å². The molecule has 2 aliphatic rings. The van der Waals surface area contributed by atoms with Crippen molar-refractivity contribution in [2.24, 2.45) is 0 Å². The lowest BCUT2D eigenvalue weighted by Gasteiger charge is -2.42. The van der Waals surface area contributed by atoms with Crippen LogP contribution in [0.25, 0.3) is 0 Å². The maximum absolute atomic E-state index is 13.0. The molecule has 1 aromatic carbocycles. The highest BCUT2D eigenvalue weighted by molar-refractivity contribution is 7.13. The van der Waals surface area contributed by atoms with Crippen LogP contribution in [0.5, 0.6) is 0 Å². The molecule has 0 bridgehead atoms. The highest BCUT2D eigenvalue weighted by Gasteiger charge is 2.40. The summed E-state index contributed by atoms with van der Waals surface area (Å²) in [5, 5.41) is 18.6. The summed E-state index contributed by atoms with van der Waals surface area (Å²) in [6.45, 7) is 6.16. The quantitative estimate of drug-likeness (QED) is 0.390. The number of para-hydroxylation sites is 2. The third-order valence-corrected chi connectivity index (χ3v) is 7.42. The van der Waals surface area contributed by atoms with Gasteiger partial charge in [-0.1, -0.05) is 19.1 Å². The van der Waals surface area contributed by atoms with Crippen molar-refractivity contribution in [1.82, 2.24) is 20.9 Å². The van der Waals surface area contributed by atoms with Crippen LogP contribution >= 0.6 is 11.3 Å². The van der Waals surface area contributed by atoms with E-state index < -0.39 is 5.54 Å². The van der Waals surface area contributed by atoms with Crippen LogP contribution in [0.2, 0.25) is 0 Å². The Balaban J connectivity index is 1.41. The van der Waals surface area contributed by atoms with E-state index in [9.17, 15) is 9.59 Å². The number of nitrogens with zero attached hydrogens (tertiary/aromatic N) is 2. The molecule has 0 spiro atoms. The third kappa shape index (κ3) is 5.51. The molecular weight excluding hydrogens is 450 g/mol. The van der Waals surface area contributed by atoms with E-state index >= 15 is 0 Å². The molecule has 4 rings (SSSR count). The molecule has 2 amide bonds. The minimum absolute atomic E-state index is 0.0348. The minimum atomic E-state index is -0.546. The van der Waals surface area contributed by atoms with Crippen molar-refractivity contribution in [1.29, 1.82) is 0 Å². The molecule has 2 aliphatic heterocycles.